The number of hydrogen-bond donors (Lipinski definition) is 0. The van der Waals surface area contributed by atoms with Crippen molar-refractivity contribution in [3.8, 4) is 5.75 Å². The topological polar surface area (TPSA) is 12.5 Å². The van der Waals surface area contributed by atoms with Crippen LogP contribution in [0.4, 0.5) is 0 Å². The molecule has 0 aromatic heterocycles. The van der Waals surface area contributed by atoms with E-state index in [1.807, 2.05) is 24.3 Å². The molecule has 0 radical (unpaired) electrons. The van der Waals surface area contributed by atoms with E-state index in [1.54, 1.807) is 0 Å². The summed E-state index contributed by atoms with van der Waals surface area (Å²) in [5.74, 6) is 1.12. The highest BCUT2D eigenvalue weighted by Crippen LogP contribution is 2.33. The third-order valence-electron chi connectivity index (χ3n) is 5.78. The Morgan fingerprint density at radius 2 is 1.76 bits per heavy atom. The highest BCUT2D eigenvalue weighted by atomic mass is 35.5. The van der Waals surface area contributed by atoms with E-state index in [-0.39, 0.29) is 6.10 Å². The minimum absolute atomic E-state index is 0.132. The number of nitrogens with zero attached hydrogens (tertiary/aromatic N) is 1. The van der Waals surface area contributed by atoms with Crippen LogP contribution in [0.5, 0.6) is 5.75 Å². The number of likely N-dealkylation sites (tertiary alicyclic amines) is 1. The van der Waals surface area contributed by atoms with Crippen molar-refractivity contribution in [1.29, 1.82) is 0 Å². The fraction of sp³-hybridized carbons (Fsp3) is 0.308. The van der Waals surface area contributed by atoms with Gasteiger partial charge < -0.3 is 9.64 Å². The van der Waals surface area contributed by atoms with Gasteiger partial charge in [0.2, 0.25) is 0 Å². The van der Waals surface area contributed by atoms with Crippen LogP contribution in [-0.4, -0.2) is 30.6 Å². The second kappa shape index (κ2) is 9.47. The summed E-state index contributed by atoms with van der Waals surface area (Å²) in [7, 11) is 0. The van der Waals surface area contributed by atoms with E-state index in [0.717, 1.165) is 38.2 Å². The van der Waals surface area contributed by atoms with E-state index in [2.05, 4.69) is 66.4 Å². The Hall–Kier alpha value is -2.29. The molecule has 3 heteroatoms. The molecular weight excluding hydrogens is 378 g/mol. The van der Waals surface area contributed by atoms with E-state index in [0.29, 0.717) is 10.9 Å². The van der Waals surface area contributed by atoms with E-state index in [4.69, 9.17) is 16.3 Å². The Balaban J connectivity index is 1.47. The standard InChI is InChI=1S/C26H28ClNO/c1-20-8-7-9-21(18-20)14-16-28-17-15-25(29-26-13-6-5-12-24(26)27)23(19-28)22-10-3-2-4-11-22/h2-13,18,23,25H,14-17,19H2,1H3/t23-,25-/m1/s1. The zero-order chi connectivity index (χ0) is 20.1. The molecule has 1 aliphatic heterocycles. The predicted octanol–water partition coefficient (Wildman–Crippen LogP) is 6.13. The molecule has 0 unspecified atom stereocenters. The summed E-state index contributed by atoms with van der Waals surface area (Å²) in [5, 5.41) is 0.682. The summed E-state index contributed by atoms with van der Waals surface area (Å²) < 4.78 is 6.42. The third-order valence-corrected chi connectivity index (χ3v) is 6.09. The number of aryl methyl sites for hydroxylation is 1. The first kappa shape index (κ1) is 20.0. The van der Waals surface area contributed by atoms with Crippen LogP contribution in [0.2, 0.25) is 5.02 Å². The Bertz CT molecular complexity index is 927. The summed E-state index contributed by atoms with van der Waals surface area (Å²) in [4.78, 5) is 2.58. The minimum atomic E-state index is 0.132. The van der Waals surface area contributed by atoms with Crippen LogP contribution in [0.15, 0.2) is 78.9 Å². The molecule has 3 aromatic carbocycles. The molecule has 1 saturated heterocycles. The molecule has 0 aliphatic carbocycles. The first-order valence-electron chi connectivity index (χ1n) is 10.4. The first-order chi connectivity index (χ1) is 14.2. The van der Waals surface area contributed by atoms with E-state index in [1.165, 1.54) is 16.7 Å². The van der Waals surface area contributed by atoms with Crippen molar-refractivity contribution in [2.45, 2.75) is 31.8 Å². The maximum atomic E-state index is 6.42. The zero-order valence-corrected chi connectivity index (χ0v) is 17.7. The van der Waals surface area contributed by atoms with Crippen molar-refractivity contribution in [3.63, 3.8) is 0 Å². The summed E-state index contributed by atoms with van der Waals surface area (Å²) in [6, 6.07) is 27.4. The molecule has 0 N–H and O–H groups in total. The van der Waals surface area contributed by atoms with Crippen molar-refractivity contribution < 1.29 is 4.74 Å². The van der Waals surface area contributed by atoms with Gasteiger partial charge in [0.1, 0.15) is 11.9 Å². The van der Waals surface area contributed by atoms with Gasteiger partial charge >= 0.3 is 0 Å². The molecule has 2 nitrogen and oxygen atoms in total. The monoisotopic (exact) mass is 405 g/mol. The molecule has 150 valence electrons. The minimum Gasteiger partial charge on any atom is -0.488 e. The van der Waals surface area contributed by atoms with Gasteiger partial charge in [0, 0.05) is 25.6 Å². The van der Waals surface area contributed by atoms with Crippen LogP contribution in [0.1, 0.15) is 29.0 Å². The van der Waals surface area contributed by atoms with Gasteiger partial charge in [-0.05, 0) is 43.0 Å². The third kappa shape index (κ3) is 5.20. The largest absolute Gasteiger partial charge is 0.488 e. The Kier molecular flexibility index (Phi) is 6.53. The first-order valence-corrected chi connectivity index (χ1v) is 10.8. The Labute approximate surface area is 179 Å². The van der Waals surface area contributed by atoms with E-state index < -0.39 is 0 Å². The molecule has 29 heavy (non-hydrogen) atoms. The summed E-state index contributed by atoms with van der Waals surface area (Å²) in [6.07, 6.45) is 2.21. The molecule has 0 bridgehead atoms. The van der Waals surface area contributed by atoms with Crippen LogP contribution < -0.4 is 4.74 Å². The van der Waals surface area contributed by atoms with Gasteiger partial charge in [-0.25, -0.2) is 0 Å². The fourth-order valence-corrected chi connectivity index (χ4v) is 4.40. The molecule has 1 aliphatic rings. The maximum absolute atomic E-state index is 6.42. The van der Waals surface area contributed by atoms with Crippen LogP contribution in [-0.2, 0) is 6.42 Å². The predicted molar refractivity (Wildman–Crippen MR) is 121 cm³/mol. The molecule has 0 amide bonds. The SMILES string of the molecule is Cc1cccc(CCN2CC[C@@H](Oc3ccccc3Cl)[C@@H](c3ccccc3)C2)c1. The number of benzene rings is 3. The summed E-state index contributed by atoms with van der Waals surface area (Å²) in [5.41, 5.74) is 4.08. The van der Waals surface area contributed by atoms with Crippen molar-refractivity contribution in [2.24, 2.45) is 0 Å². The molecule has 3 aromatic rings. The quantitative estimate of drug-likeness (QED) is 0.489. The Morgan fingerprint density at radius 1 is 0.966 bits per heavy atom. The molecule has 1 heterocycles. The maximum Gasteiger partial charge on any atom is 0.138 e. The number of rotatable bonds is 6. The van der Waals surface area contributed by atoms with Gasteiger partial charge in [0.15, 0.2) is 0 Å². The molecule has 4 rings (SSSR count). The molecular formula is C26H28ClNO. The number of ether oxygens (including phenoxy) is 1. The molecule has 0 spiro atoms. The lowest BCUT2D eigenvalue weighted by Crippen LogP contribution is -2.44. The highest BCUT2D eigenvalue weighted by molar-refractivity contribution is 6.32. The van der Waals surface area contributed by atoms with E-state index >= 15 is 0 Å². The van der Waals surface area contributed by atoms with Crippen LogP contribution >= 0.6 is 11.6 Å². The highest BCUT2D eigenvalue weighted by Gasteiger charge is 2.32. The van der Waals surface area contributed by atoms with Gasteiger partial charge in [-0.2, -0.15) is 0 Å². The van der Waals surface area contributed by atoms with Crippen molar-refractivity contribution >= 4 is 11.6 Å². The number of para-hydroxylation sites is 1. The van der Waals surface area contributed by atoms with Crippen molar-refractivity contribution in [2.75, 3.05) is 19.6 Å². The van der Waals surface area contributed by atoms with Crippen LogP contribution in [0, 0.1) is 6.92 Å². The van der Waals surface area contributed by atoms with Gasteiger partial charge in [-0.15, -0.1) is 0 Å². The van der Waals surface area contributed by atoms with Gasteiger partial charge in [0.25, 0.3) is 0 Å². The van der Waals surface area contributed by atoms with Crippen molar-refractivity contribution in [1.82, 2.24) is 4.90 Å². The second-order valence-electron chi connectivity index (χ2n) is 7.93. The summed E-state index contributed by atoms with van der Waals surface area (Å²) >= 11 is 6.36. The number of halogens is 1. The number of piperidine rings is 1. The normalized spacial score (nSPS) is 19.8. The number of hydrogen-bond acceptors (Lipinski definition) is 2. The van der Waals surface area contributed by atoms with Gasteiger partial charge in [-0.3, -0.25) is 0 Å². The smallest absolute Gasteiger partial charge is 0.138 e. The van der Waals surface area contributed by atoms with E-state index in [9.17, 15) is 0 Å². The Morgan fingerprint density at radius 3 is 2.55 bits per heavy atom. The lowest BCUT2D eigenvalue weighted by Gasteiger charge is -2.39. The van der Waals surface area contributed by atoms with Crippen LogP contribution in [0.25, 0.3) is 0 Å². The zero-order valence-electron chi connectivity index (χ0n) is 16.9. The molecule has 0 saturated carbocycles. The summed E-state index contributed by atoms with van der Waals surface area (Å²) in [6.45, 7) is 5.29. The van der Waals surface area contributed by atoms with Crippen LogP contribution in [0.3, 0.4) is 0 Å². The molecule has 2 atom stereocenters. The average molecular weight is 406 g/mol. The lowest BCUT2D eigenvalue weighted by molar-refractivity contribution is 0.0784. The lowest BCUT2D eigenvalue weighted by atomic mass is 9.87. The average Bonchev–Trinajstić information content (AvgIpc) is 2.75. The van der Waals surface area contributed by atoms with Crippen molar-refractivity contribution in [3.05, 3.63) is 101 Å². The van der Waals surface area contributed by atoms with Gasteiger partial charge in [0.05, 0.1) is 5.02 Å². The fourth-order valence-electron chi connectivity index (χ4n) is 4.22. The second-order valence-corrected chi connectivity index (χ2v) is 8.34. The molecule has 1 fully saturated rings. The van der Waals surface area contributed by atoms with Gasteiger partial charge in [-0.1, -0.05) is 83.9 Å².